The number of fused-ring (bicyclic) bond motifs is 7. The molecule has 1 aliphatic carbocycles. The van der Waals surface area contributed by atoms with Gasteiger partial charge in [-0.1, -0.05) is 111 Å². The van der Waals surface area contributed by atoms with Gasteiger partial charge in [-0.2, -0.15) is 0 Å². The van der Waals surface area contributed by atoms with E-state index in [0.717, 1.165) is 49.8 Å². The van der Waals surface area contributed by atoms with Crippen LogP contribution in [0.4, 0.5) is 0 Å². The van der Waals surface area contributed by atoms with Crippen molar-refractivity contribution in [3.05, 3.63) is 138 Å². The molecule has 0 bridgehead atoms. The average Bonchev–Trinajstić information content (AvgIpc) is 3.81. The van der Waals surface area contributed by atoms with Gasteiger partial charge in [0.1, 0.15) is 11.2 Å². The Morgan fingerprint density at radius 1 is 0.578 bits per heavy atom. The van der Waals surface area contributed by atoms with E-state index in [1.54, 1.807) is 11.3 Å². The number of hydrogen-bond acceptors (Lipinski definition) is 5. The van der Waals surface area contributed by atoms with Gasteiger partial charge in [-0.15, -0.1) is 11.3 Å². The first kappa shape index (κ1) is 26.1. The summed E-state index contributed by atoms with van der Waals surface area (Å²) in [6.45, 7) is 4.59. The first-order chi connectivity index (χ1) is 22.1. The Kier molecular flexibility index (Phi) is 5.68. The van der Waals surface area contributed by atoms with E-state index in [1.807, 2.05) is 36.4 Å². The van der Waals surface area contributed by atoms with Crippen molar-refractivity contribution in [2.75, 3.05) is 0 Å². The van der Waals surface area contributed by atoms with Gasteiger partial charge in [-0.3, -0.25) is 0 Å². The standard InChI is InChI=1S/C40H27N3OS/c1-40(2)31-17-10-9-16-28(31)34-30(23-29-27-20-19-26(33-18-11-21-45-33)22-32(27)44-36(29)35(34)40)39-42-37(24-12-5-3-6-13-24)41-38(43-39)25-14-7-4-8-15-25/h3-23H,1-2H3. The second-order valence-electron chi connectivity index (χ2n) is 12.0. The number of thiophene rings is 1. The molecular weight excluding hydrogens is 571 g/mol. The molecule has 0 saturated heterocycles. The summed E-state index contributed by atoms with van der Waals surface area (Å²) in [5.74, 6) is 1.95. The Morgan fingerprint density at radius 3 is 1.93 bits per heavy atom. The summed E-state index contributed by atoms with van der Waals surface area (Å²) >= 11 is 1.74. The third-order valence-corrected chi connectivity index (χ3v) is 9.92. The Labute approximate surface area is 264 Å². The van der Waals surface area contributed by atoms with E-state index < -0.39 is 0 Å². The van der Waals surface area contributed by atoms with E-state index in [2.05, 4.69) is 104 Å². The number of hydrogen-bond donors (Lipinski definition) is 0. The fourth-order valence-electron chi connectivity index (χ4n) is 6.87. The highest BCUT2D eigenvalue weighted by molar-refractivity contribution is 7.13. The molecule has 0 N–H and O–H groups in total. The van der Waals surface area contributed by atoms with Gasteiger partial charge in [0.05, 0.1) is 0 Å². The lowest BCUT2D eigenvalue weighted by Gasteiger charge is -2.22. The SMILES string of the molecule is CC1(C)c2ccccc2-c2c(-c3nc(-c4ccccc4)nc(-c4ccccc4)n3)cc3c(oc4cc(-c5cccs5)ccc43)c21. The lowest BCUT2D eigenvalue weighted by molar-refractivity contribution is 0.620. The van der Waals surface area contributed by atoms with Crippen molar-refractivity contribution in [2.45, 2.75) is 19.3 Å². The van der Waals surface area contributed by atoms with E-state index in [1.165, 1.54) is 21.6 Å². The van der Waals surface area contributed by atoms with Crippen molar-refractivity contribution in [2.24, 2.45) is 0 Å². The van der Waals surface area contributed by atoms with Gasteiger partial charge in [0.15, 0.2) is 17.5 Å². The number of nitrogens with zero attached hydrogens (tertiary/aromatic N) is 3. The molecule has 0 atom stereocenters. The molecule has 0 aliphatic heterocycles. The summed E-state index contributed by atoms with van der Waals surface area (Å²) in [6, 6.07) is 42.0. The highest BCUT2D eigenvalue weighted by Crippen LogP contribution is 2.55. The largest absolute Gasteiger partial charge is 0.456 e. The Balaban J connectivity index is 1.38. The zero-order valence-electron chi connectivity index (χ0n) is 24.8. The quantitative estimate of drug-likeness (QED) is 0.202. The van der Waals surface area contributed by atoms with Crippen LogP contribution in [0.3, 0.4) is 0 Å². The minimum Gasteiger partial charge on any atom is -0.456 e. The lowest BCUT2D eigenvalue weighted by atomic mass is 9.81. The van der Waals surface area contributed by atoms with Crippen molar-refractivity contribution in [1.82, 2.24) is 15.0 Å². The molecular formula is C40H27N3OS. The van der Waals surface area contributed by atoms with Crippen molar-refractivity contribution < 1.29 is 4.42 Å². The number of benzene rings is 5. The molecule has 5 aromatic carbocycles. The maximum absolute atomic E-state index is 6.83. The minimum absolute atomic E-state index is 0.289. The normalized spacial score (nSPS) is 13.3. The molecule has 1 aliphatic rings. The Hall–Kier alpha value is -5.39. The van der Waals surface area contributed by atoms with Gasteiger partial charge in [-0.05, 0) is 46.3 Å². The molecule has 9 rings (SSSR count). The molecule has 3 aromatic heterocycles. The van der Waals surface area contributed by atoms with Crippen molar-refractivity contribution in [3.8, 4) is 55.7 Å². The van der Waals surface area contributed by atoms with Crippen LogP contribution in [0.1, 0.15) is 25.0 Å². The second-order valence-corrected chi connectivity index (χ2v) is 13.0. The molecule has 0 radical (unpaired) electrons. The first-order valence-corrected chi connectivity index (χ1v) is 16.0. The van der Waals surface area contributed by atoms with Crippen LogP contribution >= 0.6 is 11.3 Å². The van der Waals surface area contributed by atoms with Crippen LogP contribution in [0.15, 0.2) is 131 Å². The summed E-state index contributed by atoms with van der Waals surface area (Å²) in [5, 5.41) is 4.26. The summed E-state index contributed by atoms with van der Waals surface area (Å²) in [7, 11) is 0. The molecule has 0 amide bonds. The van der Waals surface area contributed by atoms with E-state index in [9.17, 15) is 0 Å². The smallest absolute Gasteiger partial charge is 0.164 e. The molecule has 8 aromatic rings. The summed E-state index contributed by atoms with van der Waals surface area (Å²) in [6.07, 6.45) is 0. The van der Waals surface area contributed by atoms with Gasteiger partial charge in [-0.25, -0.2) is 15.0 Å². The molecule has 0 unspecified atom stereocenters. The number of rotatable bonds is 4. The first-order valence-electron chi connectivity index (χ1n) is 15.1. The van der Waals surface area contributed by atoms with E-state index in [0.29, 0.717) is 17.5 Å². The predicted octanol–water partition coefficient (Wildman–Crippen LogP) is 10.8. The van der Waals surface area contributed by atoms with Crippen molar-refractivity contribution in [1.29, 1.82) is 0 Å². The van der Waals surface area contributed by atoms with Crippen molar-refractivity contribution in [3.63, 3.8) is 0 Å². The van der Waals surface area contributed by atoms with Crippen LogP contribution in [0.25, 0.3) is 77.7 Å². The highest BCUT2D eigenvalue weighted by atomic mass is 32.1. The summed E-state index contributed by atoms with van der Waals surface area (Å²) in [5.41, 5.74) is 10.3. The zero-order valence-corrected chi connectivity index (χ0v) is 25.6. The third kappa shape index (κ3) is 4.01. The number of aromatic nitrogens is 3. The molecule has 3 heterocycles. The molecule has 4 nitrogen and oxygen atoms in total. The van der Waals surface area contributed by atoms with E-state index in [-0.39, 0.29) is 5.41 Å². The van der Waals surface area contributed by atoms with Crippen LogP contribution < -0.4 is 0 Å². The van der Waals surface area contributed by atoms with Crippen LogP contribution in [0, 0.1) is 0 Å². The maximum atomic E-state index is 6.83. The second kappa shape index (κ2) is 9.81. The van der Waals surface area contributed by atoms with Crippen LogP contribution in [-0.4, -0.2) is 15.0 Å². The molecule has 214 valence electrons. The fourth-order valence-corrected chi connectivity index (χ4v) is 7.59. The van der Waals surface area contributed by atoms with Gasteiger partial charge in [0.2, 0.25) is 0 Å². The average molecular weight is 598 g/mol. The van der Waals surface area contributed by atoms with Crippen LogP contribution in [0.5, 0.6) is 0 Å². The number of furan rings is 1. The van der Waals surface area contributed by atoms with E-state index in [4.69, 9.17) is 19.4 Å². The Morgan fingerprint density at radius 2 is 1.24 bits per heavy atom. The zero-order chi connectivity index (χ0) is 30.1. The van der Waals surface area contributed by atoms with E-state index >= 15 is 0 Å². The molecule has 0 spiro atoms. The summed E-state index contributed by atoms with van der Waals surface area (Å²) in [4.78, 5) is 16.5. The molecule has 5 heteroatoms. The van der Waals surface area contributed by atoms with Crippen LogP contribution in [0.2, 0.25) is 0 Å². The highest BCUT2D eigenvalue weighted by Gasteiger charge is 2.40. The molecule has 45 heavy (non-hydrogen) atoms. The van der Waals surface area contributed by atoms with Gasteiger partial charge >= 0.3 is 0 Å². The fraction of sp³-hybridized carbons (Fsp3) is 0.0750. The van der Waals surface area contributed by atoms with Gasteiger partial charge < -0.3 is 4.42 Å². The van der Waals surface area contributed by atoms with Gasteiger partial charge in [0, 0.05) is 48.9 Å². The Bertz CT molecular complexity index is 2330. The molecule has 0 fully saturated rings. The lowest BCUT2D eigenvalue weighted by Crippen LogP contribution is -2.15. The monoisotopic (exact) mass is 597 g/mol. The molecule has 0 saturated carbocycles. The third-order valence-electron chi connectivity index (χ3n) is 9.00. The summed E-state index contributed by atoms with van der Waals surface area (Å²) < 4.78 is 6.83. The van der Waals surface area contributed by atoms with Gasteiger partial charge in [0.25, 0.3) is 0 Å². The topological polar surface area (TPSA) is 51.8 Å². The van der Waals surface area contributed by atoms with Crippen molar-refractivity contribution >= 4 is 33.3 Å². The predicted molar refractivity (Wildman–Crippen MR) is 184 cm³/mol. The van der Waals surface area contributed by atoms with Crippen LogP contribution in [-0.2, 0) is 5.41 Å². The maximum Gasteiger partial charge on any atom is 0.164 e. The minimum atomic E-state index is -0.289.